The fraction of sp³-hybridized carbons (Fsp3) is 0.870. The third-order valence-electron chi connectivity index (χ3n) is 6.27. The van der Waals surface area contributed by atoms with Gasteiger partial charge in [0.15, 0.2) is 10.1 Å². The van der Waals surface area contributed by atoms with Gasteiger partial charge in [-0.05, 0) is 55.5 Å². The van der Waals surface area contributed by atoms with Crippen LogP contribution in [0.1, 0.15) is 103 Å². The van der Waals surface area contributed by atoms with Crippen LogP contribution in [0, 0.1) is 6.92 Å². The van der Waals surface area contributed by atoms with E-state index in [1.165, 1.54) is 36.2 Å². The first-order valence-electron chi connectivity index (χ1n) is 11.7. The van der Waals surface area contributed by atoms with Gasteiger partial charge in [-0.15, -0.1) is 0 Å². The molecule has 0 bridgehead atoms. The monoisotopic (exact) mass is 590 g/mol. The second-order valence-corrected chi connectivity index (χ2v) is 13.6. The first kappa shape index (κ1) is 32.4. The van der Waals surface area contributed by atoms with Crippen LogP contribution in [0.3, 0.4) is 0 Å². The van der Waals surface area contributed by atoms with Gasteiger partial charge in [-0.2, -0.15) is 13.2 Å². The average Bonchev–Trinajstić information content (AvgIpc) is 2.69. The number of allylic oxidation sites excluding steroid dienone is 1. The summed E-state index contributed by atoms with van der Waals surface area (Å²) >= 11 is 0. The summed E-state index contributed by atoms with van der Waals surface area (Å²) in [5.41, 5.74) is -1.16. The molecule has 32 heavy (non-hydrogen) atoms. The van der Waals surface area contributed by atoms with Crippen molar-refractivity contribution in [2.75, 3.05) is 0 Å². The molecule has 3 aliphatic carbocycles. The van der Waals surface area contributed by atoms with E-state index in [0.717, 1.165) is 5.57 Å². The minimum Gasteiger partial charge on any atom is -0.741 e. The van der Waals surface area contributed by atoms with Crippen LogP contribution in [-0.2, 0) is 30.5 Å². The Morgan fingerprint density at radius 3 is 1.16 bits per heavy atom. The van der Waals surface area contributed by atoms with Crippen molar-refractivity contribution in [1.29, 1.82) is 0 Å². The second kappa shape index (κ2) is 16.1. The molecule has 0 spiro atoms. The zero-order valence-corrected chi connectivity index (χ0v) is 22.5. The van der Waals surface area contributed by atoms with Gasteiger partial charge in [-0.3, -0.25) is 0 Å². The smallest absolute Gasteiger partial charge is 0.741 e. The Bertz CT molecular complexity index is 564. The molecule has 0 atom stereocenters. The maximum absolute atomic E-state index is 10.7. The van der Waals surface area contributed by atoms with Crippen molar-refractivity contribution in [2.24, 2.45) is 0 Å². The van der Waals surface area contributed by atoms with Crippen LogP contribution >= 0.6 is 7.92 Å². The van der Waals surface area contributed by atoms with Crippen molar-refractivity contribution in [1.82, 2.24) is 0 Å². The molecule has 0 unspecified atom stereocenters. The van der Waals surface area contributed by atoms with E-state index in [0.29, 0.717) is 7.92 Å². The molecule has 0 aromatic carbocycles. The number of rotatable bonds is 3. The standard InChI is InChI=1S/C18H33P.C4H7.CHF3O3S.Pd/c1-4-10-16(11-5-1)19(17-12-6-2-7-13-17)18-14-8-3-9-15-18;1-4(2)3;2-1(3,4)8(5,6)7;/h16-18H,1-15H2;1-2H2,3H3;(H,5,6,7);/q;-1;;+2/p-1. The molecule has 0 N–H and O–H groups in total. The van der Waals surface area contributed by atoms with Gasteiger partial charge in [0.2, 0.25) is 0 Å². The van der Waals surface area contributed by atoms with E-state index < -0.39 is 15.6 Å². The minimum atomic E-state index is -6.09. The van der Waals surface area contributed by atoms with E-state index in [1.807, 2.05) is 6.92 Å². The molecule has 0 aromatic heterocycles. The van der Waals surface area contributed by atoms with Crippen molar-refractivity contribution in [3.05, 3.63) is 19.1 Å². The molecule has 0 aliphatic heterocycles. The van der Waals surface area contributed by atoms with Crippen LogP contribution in [0.2, 0.25) is 0 Å². The summed E-state index contributed by atoms with van der Waals surface area (Å²) in [6.45, 7) is 8.75. The zero-order chi connectivity index (χ0) is 23.5. The molecular formula is C23H40F3O3PPdS. The van der Waals surface area contributed by atoms with Crippen LogP contribution in [0.4, 0.5) is 13.2 Å². The van der Waals surface area contributed by atoms with Crippen LogP contribution in [0.15, 0.2) is 12.2 Å². The predicted molar refractivity (Wildman–Crippen MR) is 123 cm³/mol. The Morgan fingerprint density at radius 2 is 1.00 bits per heavy atom. The summed E-state index contributed by atoms with van der Waals surface area (Å²) in [4.78, 5) is 0. The molecule has 3 nitrogen and oxygen atoms in total. The molecule has 0 aromatic rings. The van der Waals surface area contributed by atoms with E-state index in [-0.39, 0.29) is 20.4 Å². The van der Waals surface area contributed by atoms with Crippen LogP contribution in [0.5, 0.6) is 0 Å². The predicted octanol–water partition coefficient (Wildman–Crippen LogP) is 7.91. The summed E-state index contributed by atoms with van der Waals surface area (Å²) < 4.78 is 58.9. The Balaban J connectivity index is 0.000000624. The van der Waals surface area contributed by atoms with Gasteiger partial charge in [0.05, 0.1) is 0 Å². The Labute approximate surface area is 208 Å². The van der Waals surface area contributed by atoms with Gasteiger partial charge in [0, 0.05) is 0 Å². The van der Waals surface area contributed by atoms with Crippen LogP contribution in [-0.4, -0.2) is 35.5 Å². The third-order valence-corrected chi connectivity index (χ3v) is 10.9. The summed E-state index contributed by atoms with van der Waals surface area (Å²) in [6, 6.07) is 0. The van der Waals surface area contributed by atoms with Crippen molar-refractivity contribution < 1.29 is 46.6 Å². The molecule has 3 saturated carbocycles. The molecule has 3 rings (SSSR count). The molecule has 0 radical (unpaired) electrons. The Morgan fingerprint density at radius 1 is 0.812 bits per heavy atom. The fourth-order valence-corrected chi connectivity index (χ4v) is 9.71. The molecular weight excluding hydrogens is 551 g/mol. The Hall–Kier alpha value is 0.402. The third kappa shape index (κ3) is 12.8. The SMILES string of the molecule is C1CCC(P(C2CCCCC2)C2CCCCC2)CC1.C=C([CH2-])C.O=S(=O)([O-])C(F)(F)F.[Pd+2]. The molecule has 3 fully saturated rings. The van der Waals surface area contributed by atoms with Gasteiger partial charge in [-0.25, -0.2) is 27.5 Å². The molecule has 0 saturated heterocycles. The molecule has 3 aliphatic rings. The van der Waals surface area contributed by atoms with E-state index in [4.69, 9.17) is 13.0 Å². The van der Waals surface area contributed by atoms with E-state index in [1.54, 1.807) is 77.0 Å². The van der Waals surface area contributed by atoms with Gasteiger partial charge in [-0.1, -0.05) is 72.6 Å². The quantitative estimate of drug-likeness (QED) is 0.110. The second-order valence-electron chi connectivity index (χ2n) is 9.18. The maximum Gasteiger partial charge on any atom is 2.00 e. The molecule has 192 valence electrons. The number of hydrogen-bond donors (Lipinski definition) is 0. The molecule has 9 heteroatoms. The summed E-state index contributed by atoms with van der Waals surface area (Å²) in [6.07, 6.45) is 23.6. The first-order valence-corrected chi connectivity index (χ1v) is 14.7. The largest absolute Gasteiger partial charge is 2.00 e. The summed E-state index contributed by atoms with van der Waals surface area (Å²) in [5, 5.41) is 0. The van der Waals surface area contributed by atoms with Gasteiger partial charge < -0.3 is 4.55 Å². The van der Waals surface area contributed by atoms with E-state index >= 15 is 0 Å². The Kier molecular flexibility index (Phi) is 16.3. The van der Waals surface area contributed by atoms with Crippen LogP contribution < -0.4 is 0 Å². The normalized spacial score (nSPS) is 21.4. The minimum absolute atomic E-state index is 0. The van der Waals surface area contributed by atoms with Crippen LogP contribution in [0.25, 0.3) is 0 Å². The first-order chi connectivity index (χ1) is 14.4. The molecule has 0 amide bonds. The van der Waals surface area contributed by atoms with Crippen molar-refractivity contribution in [2.45, 2.75) is 126 Å². The summed E-state index contributed by atoms with van der Waals surface area (Å²) in [7, 11) is -5.71. The average molecular weight is 591 g/mol. The fourth-order valence-electron chi connectivity index (χ4n) is 5.03. The van der Waals surface area contributed by atoms with E-state index in [9.17, 15) is 13.2 Å². The molecule has 0 heterocycles. The van der Waals surface area contributed by atoms with Gasteiger partial charge >= 0.3 is 25.9 Å². The van der Waals surface area contributed by atoms with Gasteiger partial charge in [0.25, 0.3) is 0 Å². The van der Waals surface area contributed by atoms with Crippen molar-refractivity contribution >= 4 is 18.0 Å². The maximum atomic E-state index is 10.7. The number of hydrogen-bond acceptors (Lipinski definition) is 3. The zero-order valence-electron chi connectivity index (χ0n) is 19.3. The van der Waals surface area contributed by atoms with Crippen molar-refractivity contribution in [3.8, 4) is 0 Å². The number of alkyl halides is 3. The topological polar surface area (TPSA) is 57.2 Å². The van der Waals surface area contributed by atoms with Gasteiger partial charge in [0.1, 0.15) is 0 Å². The van der Waals surface area contributed by atoms with Crippen molar-refractivity contribution in [3.63, 3.8) is 0 Å². The van der Waals surface area contributed by atoms with E-state index in [2.05, 4.69) is 13.5 Å². The summed E-state index contributed by atoms with van der Waals surface area (Å²) in [5.74, 6) is 0. The number of halogens is 3.